The normalized spacial score (nSPS) is 19.2. The Morgan fingerprint density at radius 1 is 1.22 bits per heavy atom. The van der Waals surface area contributed by atoms with Gasteiger partial charge in [-0.1, -0.05) is 31.4 Å². The first-order chi connectivity index (χ1) is 8.84. The molecule has 0 radical (unpaired) electrons. The summed E-state index contributed by atoms with van der Waals surface area (Å²) in [7, 11) is 0. The van der Waals surface area contributed by atoms with Crippen molar-refractivity contribution in [1.82, 2.24) is 10.9 Å². The maximum atomic E-state index is 12.2. The number of rotatable bonds is 1. The van der Waals surface area contributed by atoms with Crippen molar-refractivity contribution in [1.29, 1.82) is 0 Å². The van der Waals surface area contributed by atoms with Crippen LogP contribution in [0.3, 0.4) is 0 Å². The Labute approximate surface area is 106 Å². The predicted molar refractivity (Wildman–Crippen MR) is 71.1 cm³/mol. The van der Waals surface area contributed by atoms with Gasteiger partial charge < -0.3 is 10.7 Å². The van der Waals surface area contributed by atoms with Crippen LogP contribution in [0.4, 0.5) is 16.2 Å². The van der Waals surface area contributed by atoms with Crippen molar-refractivity contribution in [3.05, 3.63) is 24.3 Å². The molecule has 2 amide bonds. The van der Waals surface area contributed by atoms with Gasteiger partial charge in [-0.3, -0.25) is 0 Å². The van der Waals surface area contributed by atoms with E-state index in [0.717, 1.165) is 24.2 Å². The molecule has 0 saturated heterocycles. The maximum absolute atomic E-state index is 12.2. The third-order valence-electron chi connectivity index (χ3n) is 3.58. The molecule has 0 atom stereocenters. The summed E-state index contributed by atoms with van der Waals surface area (Å²) in [5.74, 6) is 0. The average Bonchev–Trinajstić information content (AvgIpc) is 2.84. The second-order valence-corrected chi connectivity index (χ2v) is 4.87. The summed E-state index contributed by atoms with van der Waals surface area (Å²) in [6.45, 7) is 0. The van der Waals surface area contributed by atoms with Crippen LogP contribution in [0.25, 0.3) is 0 Å². The van der Waals surface area contributed by atoms with Crippen molar-refractivity contribution in [2.24, 2.45) is 0 Å². The zero-order valence-electron chi connectivity index (χ0n) is 10.3. The smallest absolute Gasteiger partial charge is 0.334 e. The number of carbonyl (C=O) groups is 1. The summed E-state index contributed by atoms with van der Waals surface area (Å²) in [5, 5.41) is 4.62. The minimum atomic E-state index is -0.0839. The van der Waals surface area contributed by atoms with Crippen LogP contribution in [-0.4, -0.2) is 12.1 Å². The zero-order valence-corrected chi connectivity index (χ0v) is 10.3. The number of carbonyl (C=O) groups excluding carboxylic acids is 1. The minimum Gasteiger partial charge on any atom is -0.334 e. The summed E-state index contributed by atoms with van der Waals surface area (Å²) in [5.41, 5.74) is 7.66. The first kappa shape index (κ1) is 11.3. The molecule has 5 heteroatoms. The van der Waals surface area contributed by atoms with Crippen LogP contribution in [0.5, 0.6) is 0 Å². The standard InChI is InChI=1S/C13H18N4O/c18-13(14-10-6-2-1-3-7-10)17-12-9-5-4-8-11(12)15-16-17/h4-5,8-10,15-16H,1-3,6-7H2,(H,14,18). The summed E-state index contributed by atoms with van der Waals surface area (Å²) in [6.07, 6.45) is 5.91. The fourth-order valence-corrected chi connectivity index (χ4v) is 2.60. The Balaban J connectivity index is 1.67. The van der Waals surface area contributed by atoms with Crippen LogP contribution in [0, 0.1) is 0 Å². The molecular weight excluding hydrogens is 228 g/mol. The molecule has 1 fully saturated rings. The number of hydrogen-bond acceptors (Lipinski definition) is 3. The number of anilines is 2. The lowest BCUT2D eigenvalue weighted by Crippen LogP contribution is -2.50. The lowest BCUT2D eigenvalue weighted by Gasteiger charge is -2.25. The van der Waals surface area contributed by atoms with Crippen molar-refractivity contribution in [3.8, 4) is 0 Å². The Hall–Kier alpha value is -1.75. The summed E-state index contributed by atoms with van der Waals surface area (Å²) < 4.78 is 0. The fourth-order valence-electron chi connectivity index (χ4n) is 2.60. The molecule has 96 valence electrons. The van der Waals surface area contributed by atoms with E-state index in [1.54, 1.807) is 0 Å². The molecule has 1 aliphatic heterocycles. The monoisotopic (exact) mass is 246 g/mol. The Bertz CT molecular complexity index is 442. The van der Waals surface area contributed by atoms with Crippen LogP contribution in [-0.2, 0) is 0 Å². The lowest BCUT2D eigenvalue weighted by molar-refractivity contribution is 0.236. The van der Waals surface area contributed by atoms with Crippen LogP contribution < -0.4 is 21.3 Å². The third-order valence-corrected chi connectivity index (χ3v) is 3.58. The summed E-state index contributed by atoms with van der Waals surface area (Å²) in [4.78, 5) is 12.2. The molecule has 0 spiro atoms. The minimum absolute atomic E-state index is 0.0839. The second kappa shape index (κ2) is 4.86. The van der Waals surface area contributed by atoms with Crippen molar-refractivity contribution >= 4 is 17.4 Å². The van der Waals surface area contributed by atoms with E-state index in [1.165, 1.54) is 24.3 Å². The van der Waals surface area contributed by atoms with Crippen molar-refractivity contribution in [2.75, 3.05) is 10.4 Å². The van der Waals surface area contributed by atoms with E-state index < -0.39 is 0 Å². The van der Waals surface area contributed by atoms with Crippen molar-refractivity contribution in [3.63, 3.8) is 0 Å². The van der Waals surface area contributed by atoms with Crippen LogP contribution in [0.15, 0.2) is 24.3 Å². The highest BCUT2D eigenvalue weighted by Crippen LogP contribution is 2.28. The molecule has 1 heterocycles. The quantitative estimate of drug-likeness (QED) is 0.713. The Kier molecular flexibility index (Phi) is 3.06. The predicted octanol–water partition coefficient (Wildman–Crippen LogP) is 2.38. The number of nitrogens with one attached hydrogen (secondary N) is 3. The molecule has 3 rings (SSSR count). The molecule has 18 heavy (non-hydrogen) atoms. The van der Waals surface area contributed by atoms with Gasteiger partial charge in [-0.05, 0) is 25.0 Å². The van der Waals surface area contributed by atoms with E-state index in [0.29, 0.717) is 6.04 Å². The SMILES string of the molecule is O=C(NC1CCCCC1)N1NNc2ccccc21. The van der Waals surface area contributed by atoms with E-state index in [9.17, 15) is 4.79 Å². The number of nitrogens with zero attached hydrogens (tertiary/aromatic N) is 1. The van der Waals surface area contributed by atoms with E-state index in [-0.39, 0.29) is 6.03 Å². The number of benzene rings is 1. The molecular formula is C13H18N4O. The highest BCUT2D eigenvalue weighted by molar-refractivity contribution is 5.96. The van der Waals surface area contributed by atoms with Crippen LogP contribution in [0.2, 0.25) is 0 Å². The largest absolute Gasteiger partial charge is 0.338 e. The molecule has 0 unspecified atom stereocenters. The van der Waals surface area contributed by atoms with Gasteiger partial charge in [0.05, 0.1) is 11.4 Å². The van der Waals surface area contributed by atoms with Gasteiger partial charge in [0.25, 0.3) is 0 Å². The first-order valence-electron chi connectivity index (χ1n) is 6.56. The average molecular weight is 246 g/mol. The number of amides is 2. The lowest BCUT2D eigenvalue weighted by atomic mass is 9.96. The van der Waals surface area contributed by atoms with Gasteiger partial charge in [-0.15, -0.1) is 5.53 Å². The molecule has 1 aromatic carbocycles. The Morgan fingerprint density at radius 2 is 2.00 bits per heavy atom. The van der Waals surface area contributed by atoms with E-state index in [4.69, 9.17) is 0 Å². The van der Waals surface area contributed by atoms with Crippen molar-refractivity contribution < 1.29 is 4.79 Å². The molecule has 1 aromatic rings. The molecule has 3 N–H and O–H groups in total. The number of urea groups is 1. The van der Waals surface area contributed by atoms with Crippen LogP contribution in [0.1, 0.15) is 32.1 Å². The van der Waals surface area contributed by atoms with Gasteiger partial charge in [0.15, 0.2) is 0 Å². The number of fused-ring (bicyclic) bond motifs is 1. The topological polar surface area (TPSA) is 56.4 Å². The zero-order chi connectivity index (χ0) is 12.4. The van der Waals surface area contributed by atoms with Gasteiger partial charge in [-0.2, -0.15) is 0 Å². The van der Waals surface area contributed by atoms with E-state index in [2.05, 4.69) is 16.3 Å². The molecule has 0 aromatic heterocycles. The van der Waals surface area contributed by atoms with Crippen LogP contribution >= 0.6 is 0 Å². The molecule has 5 nitrogen and oxygen atoms in total. The third kappa shape index (κ3) is 2.13. The highest BCUT2D eigenvalue weighted by atomic mass is 16.2. The highest BCUT2D eigenvalue weighted by Gasteiger charge is 2.26. The van der Waals surface area contributed by atoms with Gasteiger partial charge in [0, 0.05) is 6.04 Å². The van der Waals surface area contributed by atoms with Gasteiger partial charge >= 0.3 is 6.03 Å². The molecule has 0 bridgehead atoms. The van der Waals surface area contributed by atoms with Gasteiger partial charge in [-0.25, -0.2) is 9.80 Å². The fraction of sp³-hybridized carbons (Fsp3) is 0.462. The number of hydrogen-bond donors (Lipinski definition) is 3. The van der Waals surface area contributed by atoms with Gasteiger partial charge in [0.2, 0.25) is 0 Å². The Morgan fingerprint density at radius 3 is 2.83 bits per heavy atom. The van der Waals surface area contributed by atoms with E-state index in [1.807, 2.05) is 24.3 Å². The molecule has 2 aliphatic rings. The number of hydrazine groups is 2. The molecule has 1 saturated carbocycles. The summed E-state index contributed by atoms with van der Waals surface area (Å²) in [6, 6.07) is 7.96. The molecule has 1 aliphatic carbocycles. The first-order valence-corrected chi connectivity index (χ1v) is 6.56. The maximum Gasteiger partial charge on any atom is 0.338 e. The van der Waals surface area contributed by atoms with Crippen molar-refractivity contribution in [2.45, 2.75) is 38.1 Å². The van der Waals surface area contributed by atoms with E-state index >= 15 is 0 Å². The van der Waals surface area contributed by atoms with Gasteiger partial charge in [0.1, 0.15) is 0 Å². The second-order valence-electron chi connectivity index (χ2n) is 4.87. The number of para-hydroxylation sites is 2. The summed E-state index contributed by atoms with van der Waals surface area (Å²) >= 11 is 0.